The summed E-state index contributed by atoms with van der Waals surface area (Å²) in [5, 5.41) is 26.5. The number of hydrazone groups is 1. The smallest absolute Gasteiger partial charge is 0.283 e. The summed E-state index contributed by atoms with van der Waals surface area (Å²) in [6, 6.07) is 15.6. The maximum Gasteiger partial charge on any atom is 0.283 e. The van der Waals surface area contributed by atoms with E-state index in [-0.39, 0.29) is 17.1 Å². The number of non-ortho nitro benzene ring substituents is 1. The first-order valence-corrected chi connectivity index (χ1v) is 11.0. The van der Waals surface area contributed by atoms with Crippen molar-refractivity contribution in [3.05, 3.63) is 92.7 Å². The summed E-state index contributed by atoms with van der Waals surface area (Å²) in [4.78, 5) is 27.5. The minimum atomic E-state index is -0.561. The predicted molar refractivity (Wildman–Crippen MR) is 131 cm³/mol. The molecular formula is C24H17N5O4S. The van der Waals surface area contributed by atoms with Crippen molar-refractivity contribution in [2.75, 3.05) is 0 Å². The average Bonchev–Trinajstić information content (AvgIpc) is 3.44. The number of carbonyl (C=O) groups is 1. The third-order valence-electron chi connectivity index (χ3n) is 5.44. The second-order valence-electron chi connectivity index (χ2n) is 7.70. The average molecular weight is 471 g/mol. The molecule has 0 fully saturated rings. The number of nitro groups is 1. The number of aliphatic imine (C=N–C) groups is 1. The van der Waals surface area contributed by atoms with E-state index in [0.29, 0.717) is 27.3 Å². The normalized spacial score (nSPS) is 16.5. The summed E-state index contributed by atoms with van der Waals surface area (Å²) < 4.78 is 5.85. The van der Waals surface area contributed by atoms with Crippen LogP contribution in [-0.4, -0.2) is 31.9 Å². The summed E-state index contributed by atoms with van der Waals surface area (Å²) in [7, 11) is 0. The number of hydrogen-bond donors (Lipinski definition) is 1. The molecule has 0 atom stereocenters. The molecule has 0 radical (unpaired) electrons. The van der Waals surface area contributed by atoms with Crippen molar-refractivity contribution in [3.8, 4) is 11.3 Å². The number of fused-ring (bicyclic) bond motifs is 1. The number of amides is 1. The maximum atomic E-state index is 12.7. The highest BCUT2D eigenvalue weighted by Gasteiger charge is 2.36. The lowest BCUT2D eigenvalue weighted by atomic mass is 10.1. The number of furan rings is 1. The van der Waals surface area contributed by atoms with Crippen molar-refractivity contribution in [3.63, 3.8) is 0 Å². The van der Waals surface area contributed by atoms with Crippen molar-refractivity contribution in [1.29, 1.82) is 5.41 Å². The second kappa shape index (κ2) is 8.23. The second-order valence-corrected chi connectivity index (χ2v) is 8.65. The van der Waals surface area contributed by atoms with E-state index >= 15 is 0 Å². The van der Waals surface area contributed by atoms with Crippen LogP contribution >= 0.6 is 11.8 Å². The van der Waals surface area contributed by atoms with Crippen LogP contribution < -0.4 is 0 Å². The molecule has 10 heteroatoms. The van der Waals surface area contributed by atoms with E-state index in [4.69, 9.17) is 9.83 Å². The van der Waals surface area contributed by atoms with Crippen LogP contribution in [0.25, 0.3) is 17.4 Å². The highest BCUT2D eigenvalue weighted by Crippen LogP contribution is 2.33. The van der Waals surface area contributed by atoms with Gasteiger partial charge in [-0.15, -0.1) is 0 Å². The lowest BCUT2D eigenvalue weighted by Crippen LogP contribution is -2.35. The number of hydrogen-bond acceptors (Lipinski definition) is 7. The molecule has 168 valence electrons. The molecule has 1 N–H and O–H groups in total. The highest BCUT2D eigenvalue weighted by molar-refractivity contribution is 8.27. The Balaban J connectivity index is 1.46. The third kappa shape index (κ3) is 3.73. The van der Waals surface area contributed by atoms with Crippen LogP contribution in [-0.2, 0) is 4.79 Å². The van der Waals surface area contributed by atoms with Crippen LogP contribution in [0.3, 0.4) is 0 Å². The lowest BCUT2D eigenvalue weighted by Gasteiger charge is -2.19. The molecule has 0 saturated heterocycles. The molecular weight excluding hydrogens is 454 g/mol. The molecule has 34 heavy (non-hydrogen) atoms. The van der Waals surface area contributed by atoms with Gasteiger partial charge in [-0.2, -0.15) is 15.1 Å². The zero-order chi connectivity index (χ0) is 24.0. The van der Waals surface area contributed by atoms with Crippen molar-refractivity contribution in [2.45, 2.75) is 13.8 Å². The molecule has 0 bridgehead atoms. The van der Waals surface area contributed by atoms with Crippen LogP contribution in [0, 0.1) is 29.4 Å². The first-order chi connectivity index (χ1) is 16.3. The zero-order valence-corrected chi connectivity index (χ0v) is 18.9. The molecule has 1 amide bonds. The molecule has 3 heterocycles. The maximum absolute atomic E-state index is 12.7. The SMILES string of the molecule is Cc1ccccc1C1=NN2C(=N)/C(=C/c3ccc(-c4cc([N+](=O)[O-])ccc4C)o3)C(=O)N=C2S1. The van der Waals surface area contributed by atoms with Crippen LogP contribution in [0.2, 0.25) is 0 Å². The Bertz CT molecular complexity index is 1480. The van der Waals surface area contributed by atoms with Crippen molar-refractivity contribution < 1.29 is 14.1 Å². The number of nitrogens with one attached hydrogen (secondary N) is 1. The Hall–Kier alpha value is -4.31. The van der Waals surface area contributed by atoms with E-state index in [0.717, 1.165) is 16.7 Å². The number of aryl methyl sites for hydroxylation is 2. The monoisotopic (exact) mass is 471 g/mol. The number of carbonyl (C=O) groups excluding carboxylic acids is 1. The molecule has 2 aliphatic heterocycles. The van der Waals surface area contributed by atoms with Crippen LogP contribution in [0.1, 0.15) is 22.5 Å². The van der Waals surface area contributed by atoms with E-state index < -0.39 is 10.8 Å². The van der Waals surface area contributed by atoms with E-state index in [1.54, 1.807) is 18.2 Å². The summed E-state index contributed by atoms with van der Waals surface area (Å²) >= 11 is 1.24. The quantitative estimate of drug-likeness (QED) is 0.319. The fourth-order valence-corrected chi connectivity index (χ4v) is 4.60. The van der Waals surface area contributed by atoms with Gasteiger partial charge in [0.1, 0.15) is 16.6 Å². The summed E-state index contributed by atoms with van der Waals surface area (Å²) in [5.74, 6) is 0.0799. The van der Waals surface area contributed by atoms with Gasteiger partial charge >= 0.3 is 0 Å². The van der Waals surface area contributed by atoms with E-state index in [9.17, 15) is 14.9 Å². The van der Waals surface area contributed by atoms with Crippen LogP contribution in [0.5, 0.6) is 0 Å². The topological polar surface area (TPSA) is 125 Å². The van der Waals surface area contributed by atoms with E-state index in [2.05, 4.69) is 10.1 Å². The Labute approximate surface area is 198 Å². The third-order valence-corrected chi connectivity index (χ3v) is 6.38. The largest absolute Gasteiger partial charge is 0.457 e. The number of nitro benzene ring substituents is 1. The zero-order valence-electron chi connectivity index (χ0n) is 18.1. The summed E-state index contributed by atoms with van der Waals surface area (Å²) in [5.41, 5.74) is 3.32. The van der Waals surface area contributed by atoms with Gasteiger partial charge in [0.2, 0.25) is 5.17 Å². The number of nitrogens with zero attached hydrogens (tertiary/aromatic N) is 4. The Kier molecular flexibility index (Phi) is 5.21. The molecule has 9 nitrogen and oxygen atoms in total. The van der Waals surface area contributed by atoms with Crippen LogP contribution in [0.4, 0.5) is 5.69 Å². The van der Waals surface area contributed by atoms with E-state index in [1.165, 1.54) is 35.0 Å². The molecule has 0 aliphatic carbocycles. The molecule has 0 spiro atoms. The van der Waals surface area contributed by atoms with E-state index in [1.807, 2.05) is 38.1 Å². The van der Waals surface area contributed by atoms with Gasteiger partial charge in [0.05, 0.1) is 10.5 Å². The summed E-state index contributed by atoms with van der Waals surface area (Å²) in [6.07, 6.45) is 1.44. The fraction of sp³-hybridized carbons (Fsp3) is 0.0833. The highest BCUT2D eigenvalue weighted by atomic mass is 32.2. The number of amidine groups is 2. The first-order valence-electron chi connectivity index (χ1n) is 10.2. The number of thioether (sulfide) groups is 1. The van der Waals surface area contributed by atoms with Crippen molar-refractivity contribution in [2.24, 2.45) is 10.1 Å². The molecule has 5 rings (SSSR count). The fourth-order valence-electron chi connectivity index (χ4n) is 3.62. The minimum Gasteiger partial charge on any atom is -0.457 e. The molecule has 1 aromatic heterocycles. The lowest BCUT2D eigenvalue weighted by molar-refractivity contribution is -0.384. The molecule has 0 saturated carbocycles. The van der Waals surface area contributed by atoms with Gasteiger partial charge in [0, 0.05) is 23.3 Å². The first kappa shape index (κ1) is 21.5. The van der Waals surface area contributed by atoms with Gasteiger partial charge in [-0.25, -0.2) is 0 Å². The van der Waals surface area contributed by atoms with Crippen LogP contribution in [0.15, 0.2) is 74.7 Å². The molecule has 3 aromatic rings. The molecule has 2 aliphatic rings. The van der Waals surface area contributed by atoms with Gasteiger partial charge in [-0.1, -0.05) is 30.3 Å². The minimum absolute atomic E-state index is 0.0378. The van der Waals surface area contributed by atoms with Gasteiger partial charge < -0.3 is 4.42 Å². The number of rotatable bonds is 4. The number of benzene rings is 2. The van der Waals surface area contributed by atoms with Gasteiger partial charge in [-0.3, -0.25) is 20.3 Å². The Morgan fingerprint density at radius 1 is 1.09 bits per heavy atom. The van der Waals surface area contributed by atoms with Gasteiger partial charge in [0.15, 0.2) is 5.84 Å². The molecule has 0 unspecified atom stereocenters. The van der Waals surface area contributed by atoms with Crippen molar-refractivity contribution in [1.82, 2.24) is 5.01 Å². The van der Waals surface area contributed by atoms with Crippen molar-refractivity contribution >= 4 is 45.5 Å². The Morgan fingerprint density at radius 3 is 2.62 bits per heavy atom. The predicted octanol–water partition coefficient (Wildman–Crippen LogP) is 5.14. The van der Waals surface area contributed by atoms with Gasteiger partial charge in [-0.05, 0) is 54.9 Å². The molecule has 2 aromatic carbocycles. The Morgan fingerprint density at radius 2 is 1.85 bits per heavy atom. The standard InChI is InChI=1S/C24H17N5O4S/c1-13-5-3-4-6-17(13)23-27-28-21(25)19(22(30)26-24(28)34-23)12-16-9-10-20(33-16)18-11-15(29(31)32)8-7-14(18)2/h3-12,25H,1-2H3/b19-12-,25-21?. The summed E-state index contributed by atoms with van der Waals surface area (Å²) in [6.45, 7) is 3.79. The van der Waals surface area contributed by atoms with Gasteiger partial charge in [0.25, 0.3) is 11.6 Å².